The van der Waals surface area contributed by atoms with Gasteiger partial charge in [-0.1, -0.05) is 25.0 Å². The van der Waals surface area contributed by atoms with E-state index < -0.39 is 0 Å². The molecular weight excluding hydrogens is 465 g/mol. The molecule has 1 aliphatic carbocycles. The van der Waals surface area contributed by atoms with Crippen LogP contribution in [0.3, 0.4) is 0 Å². The van der Waals surface area contributed by atoms with Gasteiger partial charge in [-0.05, 0) is 43.5 Å². The number of hydrogen-bond donors (Lipinski definition) is 2. The van der Waals surface area contributed by atoms with Crippen LogP contribution in [0.4, 0.5) is 0 Å². The Morgan fingerprint density at radius 1 is 1.25 bits per heavy atom. The van der Waals surface area contributed by atoms with E-state index in [9.17, 15) is 0 Å². The monoisotopic (exact) mass is 497 g/mol. The lowest BCUT2D eigenvalue weighted by Gasteiger charge is -2.31. The largest absolute Gasteiger partial charge is 0.497 e. The number of aromatic nitrogens is 2. The van der Waals surface area contributed by atoms with Crippen molar-refractivity contribution in [2.24, 2.45) is 12.0 Å². The number of aliphatic imine (C=N–C) groups is 1. The summed E-state index contributed by atoms with van der Waals surface area (Å²) in [5.74, 6) is 1.78. The average molecular weight is 497 g/mol. The third-order valence-electron chi connectivity index (χ3n) is 5.50. The van der Waals surface area contributed by atoms with Gasteiger partial charge in [0.05, 0.1) is 19.3 Å². The number of ether oxygens (including phenoxy) is 1. The maximum Gasteiger partial charge on any atom is 0.191 e. The van der Waals surface area contributed by atoms with Gasteiger partial charge in [0, 0.05) is 31.7 Å². The second-order valence-corrected chi connectivity index (χ2v) is 7.21. The minimum atomic E-state index is 0. The van der Waals surface area contributed by atoms with Crippen molar-refractivity contribution in [2.75, 3.05) is 20.2 Å². The van der Waals surface area contributed by atoms with Crippen LogP contribution in [-0.4, -0.2) is 35.9 Å². The van der Waals surface area contributed by atoms with E-state index in [0.717, 1.165) is 30.5 Å². The van der Waals surface area contributed by atoms with Gasteiger partial charge in [-0.25, -0.2) is 4.99 Å². The first-order valence-corrected chi connectivity index (χ1v) is 9.80. The molecule has 1 heterocycles. The zero-order valence-electron chi connectivity index (χ0n) is 17.1. The second kappa shape index (κ2) is 10.7. The SMILES string of the molecule is CCNC(=NCc1ccnn1C)NCC1(c2cccc(OC)c2)CCCC1.I. The zero-order chi connectivity index (χ0) is 19.1. The Hall–Kier alpha value is -1.77. The zero-order valence-corrected chi connectivity index (χ0v) is 19.4. The molecule has 2 N–H and O–H groups in total. The van der Waals surface area contributed by atoms with E-state index in [2.05, 4.69) is 40.9 Å². The number of guanidine groups is 1. The first-order chi connectivity index (χ1) is 13.2. The molecule has 0 aliphatic heterocycles. The molecule has 1 aromatic heterocycles. The summed E-state index contributed by atoms with van der Waals surface area (Å²) >= 11 is 0. The van der Waals surface area contributed by atoms with Crippen LogP contribution in [0.25, 0.3) is 0 Å². The molecule has 0 radical (unpaired) electrons. The van der Waals surface area contributed by atoms with Gasteiger partial charge in [0.2, 0.25) is 0 Å². The van der Waals surface area contributed by atoms with Crippen LogP contribution in [0.5, 0.6) is 5.75 Å². The highest BCUT2D eigenvalue weighted by atomic mass is 127. The summed E-state index contributed by atoms with van der Waals surface area (Å²) in [4.78, 5) is 4.75. The molecule has 28 heavy (non-hydrogen) atoms. The molecule has 1 fully saturated rings. The van der Waals surface area contributed by atoms with E-state index >= 15 is 0 Å². The fourth-order valence-corrected chi connectivity index (χ4v) is 3.88. The molecule has 0 saturated heterocycles. The highest BCUT2D eigenvalue weighted by molar-refractivity contribution is 14.0. The van der Waals surface area contributed by atoms with Crippen molar-refractivity contribution in [3.05, 3.63) is 47.8 Å². The summed E-state index contributed by atoms with van der Waals surface area (Å²) in [6.07, 6.45) is 6.72. The Balaban J connectivity index is 0.00000280. The molecule has 1 aromatic carbocycles. The standard InChI is InChI=1S/C21H31N5O.HI/c1-4-22-20(23-15-18-10-13-25-26(18)2)24-16-21(11-5-6-12-21)17-8-7-9-19(14-17)27-3;/h7-10,13-14H,4-6,11-12,15-16H2,1-3H3,(H2,22,23,24);1H. The molecule has 7 heteroatoms. The van der Waals surface area contributed by atoms with Crippen LogP contribution in [-0.2, 0) is 19.0 Å². The molecule has 0 bridgehead atoms. The summed E-state index contributed by atoms with van der Waals surface area (Å²) in [6.45, 7) is 4.41. The molecule has 2 aromatic rings. The van der Waals surface area contributed by atoms with Crippen LogP contribution in [0.1, 0.15) is 43.9 Å². The van der Waals surface area contributed by atoms with E-state index in [1.54, 1.807) is 7.11 Å². The number of aryl methyl sites for hydroxylation is 1. The lowest BCUT2D eigenvalue weighted by atomic mass is 9.78. The first-order valence-electron chi connectivity index (χ1n) is 9.80. The maximum atomic E-state index is 5.45. The number of benzene rings is 1. The Kier molecular flexibility index (Phi) is 8.59. The van der Waals surface area contributed by atoms with Crippen molar-refractivity contribution >= 4 is 29.9 Å². The quantitative estimate of drug-likeness (QED) is 0.349. The number of rotatable bonds is 7. The first kappa shape index (κ1) is 22.5. The van der Waals surface area contributed by atoms with Crippen LogP contribution in [0.15, 0.2) is 41.5 Å². The molecule has 3 rings (SSSR count). The predicted molar refractivity (Wildman–Crippen MR) is 125 cm³/mol. The van der Waals surface area contributed by atoms with Crippen LogP contribution < -0.4 is 15.4 Å². The van der Waals surface area contributed by atoms with Gasteiger partial charge in [-0.3, -0.25) is 4.68 Å². The Bertz CT molecular complexity index is 768. The van der Waals surface area contributed by atoms with E-state index in [-0.39, 0.29) is 29.4 Å². The highest BCUT2D eigenvalue weighted by Crippen LogP contribution is 2.41. The lowest BCUT2D eigenvalue weighted by molar-refractivity contribution is 0.404. The molecule has 6 nitrogen and oxygen atoms in total. The summed E-state index contributed by atoms with van der Waals surface area (Å²) in [7, 11) is 3.68. The Morgan fingerprint density at radius 2 is 2.04 bits per heavy atom. The average Bonchev–Trinajstić information content (AvgIpc) is 3.34. The number of nitrogens with one attached hydrogen (secondary N) is 2. The summed E-state index contributed by atoms with van der Waals surface area (Å²) in [6, 6.07) is 10.5. The van der Waals surface area contributed by atoms with Crippen molar-refractivity contribution < 1.29 is 4.74 Å². The third kappa shape index (κ3) is 5.40. The fraction of sp³-hybridized carbons (Fsp3) is 0.524. The summed E-state index contributed by atoms with van der Waals surface area (Å²) < 4.78 is 7.31. The Labute approximate surface area is 185 Å². The minimum Gasteiger partial charge on any atom is -0.497 e. The smallest absolute Gasteiger partial charge is 0.191 e. The normalized spacial score (nSPS) is 15.8. The van der Waals surface area contributed by atoms with Gasteiger partial charge in [0.15, 0.2) is 5.96 Å². The van der Waals surface area contributed by atoms with Crippen molar-refractivity contribution in [2.45, 2.75) is 44.6 Å². The predicted octanol–water partition coefficient (Wildman–Crippen LogP) is 3.61. The van der Waals surface area contributed by atoms with Crippen molar-refractivity contribution in [3.63, 3.8) is 0 Å². The van der Waals surface area contributed by atoms with Crippen LogP contribution in [0, 0.1) is 0 Å². The molecule has 0 atom stereocenters. The van der Waals surface area contributed by atoms with Gasteiger partial charge >= 0.3 is 0 Å². The number of nitrogens with zero attached hydrogens (tertiary/aromatic N) is 3. The molecule has 1 saturated carbocycles. The summed E-state index contributed by atoms with van der Waals surface area (Å²) in [5.41, 5.74) is 2.59. The van der Waals surface area contributed by atoms with Gasteiger partial charge in [-0.15, -0.1) is 24.0 Å². The molecule has 1 aliphatic rings. The van der Waals surface area contributed by atoms with Crippen LogP contribution in [0.2, 0.25) is 0 Å². The van der Waals surface area contributed by atoms with Crippen molar-refractivity contribution in [1.82, 2.24) is 20.4 Å². The number of halogens is 1. The number of hydrogen-bond acceptors (Lipinski definition) is 3. The van der Waals surface area contributed by atoms with Gasteiger partial charge in [0.25, 0.3) is 0 Å². The van der Waals surface area contributed by atoms with Crippen molar-refractivity contribution in [1.29, 1.82) is 0 Å². The third-order valence-corrected chi connectivity index (χ3v) is 5.50. The van der Waals surface area contributed by atoms with Crippen molar-refractivity contribution in [3.8, 4) is 5.75 Å². The van der Waals surface area contributed by atoms with E-state index in [4.69, 9.17) is 9.73 Å². The molecular formula is C21H32IN5O. The van der Waals surface area contributed by atoms with Gasteiger partial charge < -0.3 is 15.4 Å². The van der Waals surface area contributed by atoms with Gasteiger partial charge in [-0.2, -0.15) is 5.10 Å². The lowest BCUT2D eigenvalue weighted by Crippen LogP contribution is -2.44. The molecule has 0 spiro atoms. The second-order valence-electron chi connectivity index (χ2n) is 7.21. The molecule has 154 valence electrons. The maximum absolute atomic E-state index is 5.45. The Morgan fingerprint density at radius 3 is 2.68 bits per heavy atom. The molecule has 0 amide bonds. The van der Waals surface area contributed by atoms with E-state index in [0.29, 0.717) is 6.54 Å². The number of methoxy groups -OCH3 is 1. The topological polar surface area (TPSA) is 63.5 Å². The van der Waals surface area contributed by atoms with E-state index in [1.807, 2.05) is 30.1 Å². The van der Waals surface area contributed by atoms with E-state index in [1.165, 1.54) is 31.2 Å². The van der Waals surface area contributed by atoms with Crippen LogP contribution >= 0.6 is 24.0 Å². The summed E-state index contributed by atoms with van der Waals surface area (Å²) in [5, 5.41) is 11.2. The highest BCUT2D eigenvalue weighted by Gasteiger charge is 2.36. The molecule has 0 unspecified atom stereocenters. The minimum absolute atomic E-state index is 0. The fourth-order valence-electron chi connectivity index (χ4n) is 3.88. The van der Waals surface area contributed by atoms with Gasteiger partial charge in [0.1, 0.15) is 5.75 Å².